The fourth-order valence-electron chi connectivity index (χ4n) is 2.73. The van der Waals surface area contributed by atoms with E-state index >= 15 is 0 Å². The van der Waals surface area contributed by atoms with Crippen molar-refractivity contribution in [2.75, 3.05) is 7.11 Å². The van der Waals surface area contributed by atoms with E-state index in [9.17, 15) is 22.8 Å². The van der Waals surface area contributed by atoms with E-state index in [2.05, 4.69) is 4.98 Å². The summed E-state index contributed by atoms with van der Waals surface area (Å²) in [6, 6.07) is 6.49. The Hall–Kier alpha value is -3.16. The van der Waals surface area contributed by atoms with Gasteiger partial charge in [-0.15, -0.1) is 0 Å². The highest BCUT2D eigenvalue weighted by molar-refractivity contribution is 6.17. The molecule has 0 saturated carbocycles. The predicted octanol–water partition coefficient (Wildman–Crippen LogP) is 3.09. The SMILES string of the molecule is COc1ccc2c(c1)C(NC(=O)C(F)(F)F)/C(=C\c1cccnc1)C2=O. The molecule has 1 aliphatic rings. The van der Waals surface area contributed by atoms with Gasteiger partial charge in [-0.1, -0.05) is 6.07 Å². The van der Waals surface area contributed by atoms with Crippen LogP contribution in [0.3, 0.4) is 0 Å². The maximum absolute atomic E-state index is 12.7. The first-order valence-electron chi connectivity index (χ1n) is 7.53. The number of carbonyl (C=O) groups is 2. The maximum Gasteiger partial charge on any atom is 0.471 e. The Kier molecular flexibility index (Phi) is 4.50. The third-order valence-corrected chi connectivity index (χ3v) is 3.93. The standard InChI is InChI=1S/C18H13F3N2O3/c1-26-11-4-5-12-13(8-11)15(23-17(25)18(19,20)21)14(16(12)24)7-10-3-2-6-22-9-10/h2-9,15H,1H3,(H,23,25)/b14-7+. The fourth-order valence-corrected chi connectivity index (χ4v) is 2.73. The largest absolute Gasteiger partial charge is 0.497 e. The number of fused-ring (bicyclic) bond motifs is 1. The number of ether oxygens (including phenoxy) is 1. The monoisotopic (exact) mass is 362 g/mol. The van der Waals surface area contributed by atoms with E-state index in [1.165, 1.54) is 43.8 Å². The number of Topliss-reactive ketones (excluding diaryl/α,β-unsaturated/α-hetero) is 1. The molecule has 1 atom stereocenters. The molecule has 1 aromatic carbocycles. The number of amides is 1. The lowest BCUT2D eigenvalue weighted by atomic mass is 10.0. The Labute approximate surface area is 146 Å². The van der Waals surface area contributed by atoms with Crippen molar-refractivity contribution in [1.82, 2.24) is 10.3 Å². The molecule has 0 fully saturated rings. The molecule has 1 aromatic heterocycles. The van der Waals surface area contributed by atoms with E-state index in [1.54, 1.807) is 12.1 Å². The predicted molar refractivity (Wildman–Crippen MR) is 86.5 cm³/mol. The van der Waals surface area contributed by atoms with Gasteiger partial charge >= 0.3 is 12.1 Å². The number of pyridine rings is 1. The molecule has 1 aliphatic carbocycles. The molecular formula is C18H13F3N2O3. The third kappa shape index (κ3) is 3.30. The number of hydrogen-bond acceptors (Lipinski definition) is 4. The van der Waals surface area contributed by atoms with Crippen LogP contribution in [0.5, 0.6) is 5.75 Å². The molecule has 5 nitrogen and oxygen atoms in total. The molecule has 8 heteroatoms. The summed E-state index contributed by atoms with van der Waals surface area (Å²) in [5.74, 6) is -2.22. The van der Waals surface area contributed by atoms with Crippen molar-refractivity contribution in [2.45, 2.75) is 12.2 Å². The minimum absolute atomic E-state index is 0.0267. The summed E-state index contributed by atoms with van der Waals surface area (Å²) in [5, 5.41) is 1.90. The second kappa shape index (κ2) is 6.62. The van der Waals surface area contributed by atoms with Gasteiger partial charge in [-0.25, -0.2) is 0 Å². The van der Waals surface area contributed by atoms with Gasteiger partial charge in [0.15, 0.2) is 5.78 Å². The first-order chi connectivity index (χ1) is 12.3. The molecule has 0 radical (unpaired) electrons. The third-order valence-electron chi connectivity index (χ3n) is 3.93. The van der Waals surface area contributed by atoms with Crippen molar-refractivity contribution in [3.63, 3.8) is 0 Å². The lowest BCUT2D eigenvalue weighted by Gasteiger charge is -2.17. The Morgan fingerprint density at radius 3 is 2.69 bits per heavy atom. The maximum atomic E-state index is 12.7. The number of aromatic nitrogens is 1. The Morgan fingerprint density at radius 2 is 2.08 bits per heavy atom. The number of methoxy groups -OCH3 is 1. The van der Waals surface area contributed by atoms with E-state index in [0.29, 0.717) is 11.3 Å². The summed E-state index contributed by atoms with van der Waals surface area (Å²) in [7, 11) is 1.40. The molecule has 26 heavy (non-hydrogen) atoms. The zero-order valence-corrected chi connectivity index (χ0v) is 13.5. The van der Waals surface area contributed by atoms with Crippen LogP contribution >= 0.6 is 0 Å². The normalized spacial score (nSPS) is 17.9. The highest BCUT2D eigenvalue weighted by atomic mass is 19.4. The van der Waals surface area contributed by atoms with E-state index in [-0.39, 0.29) is 16.7 Å². The number of ketones is 1. The van der Waals surface area contributed by atoms with Gasteiger partial charge in [0.2, 0.25) is 0 Å². The van der Waals surface area contributed by atoms with Gasteiger partial charge in [0, 0.05) is 23.5 Å². The Balaban J connectivity index is 2.09. The van der Waals surface area contributed by atoms with Crippen molar-refractivity contribution in [1.29, 1.82) is 0 Å². The van der Waals surface area contributed by atoms with E-state index < -0.39 is 23.9 Å². The zero-order chi connectivity index (χ0) is 18.9. The second-order valence-corrected chi connectivity index (χ2v) is 5.57. The molecule has 0 bridgehead atoms. The van der Waals surface area contributed by atoms with Gasteiger partial charge in [-0.2, -0.15) is 13.2 Å². The fraction of sp³-hybridized carbons (Fsp3) is 0.167. The summed E-state index contributed by atoms with van der Waals surface area (Å²) in [4.78, 5) is 28.1. The van der Waals surface area contributed by atoms with Crippen LogP contribution in [0.1, 0.15) is 27.5 Å². The first-order valence-corrected chi connectivity index (χ1v) is 7.53. The van der Waals surface area contributed by atoms with Crippen molar-refractivity contribution >= 4 is 17.8 Å². The van der Waals surface area contributed by atoms with Crippen LogP contribution in [0.2, 0.25) is 0 Å². The lowest BCUT2D eigenvalue weighted by Crippen LogP contribution is -2.39. The van der Waals surface area contributed by atoms with Crippen LogP contribution in [0.25, 0.3) is 6.08 Å². The number of alkyl halides is 3. The van der Waals surface area contributed by atoms with E-state index in [0.717, 1.165) is 0 Å². The molecule has 0 aliphatic heterocycles. The number of nitrogens with zero attached hydrogens (tertiary/aromatic N) is 1. The molecule has 1 heterocycles. The topological polar surface area (TPSA) is 68.3 Å². The van der Waals surface area contributed by atoms with Crippen molar-refractivity contribution in [2.24, 2.45) is 0 Å². The number of benzene rings is 1. The van der Waals surface area contributed by atoms with E-state index in [1.807, 2.05) is 5.32 Å². The average molecular weight is 362 g/mol. The highest BCUT2D eigenvalue weighted by Gasteiger charge is 2.43. The van der Waals surface area contributed by atoms with Crippen LogP contribution in [0, 0.1) is 0 Å². The molecule has 0 spiro atoms. The molecule has 1 unspecified atom stereocenters. The number of carbonyl (C=O) groups excluding carboxylic acids is 2. The van der Waals surface area contributed by atoms with E-state index in [4.69, 9.17) is 4.74 Å². The molecule has 1 amide bonds. The molecular weight excluding hydrogens is 349 g/mol. The zero-order valence-electron chi connectivity index (χ0n) is 13.5. The van der Waals surface area contributed by atoms with Crippen molar-refractivity contribution < 1.29 is 27.5 Å². The molecule has 134 valence electrons. The van der Waals surface area contributed by atoms with Crippen molar-refractivity contribution in [3.05, 3.63) is 65.0 Å². The summed E-state index contributed by atoms with van der Waals surface area (Å²) < 4.78 is 43.2. The number of nitrogens with one attached hydrogen (secondary N) is 1. The summed E-state index contributed by atoms with van der Waals surface area (Å²) in [6.07, 6.45) is -0.652. The smallest absolute Gasteiger partial charge is 0.471 e. The summed E-state index contributed by atoms with van der Waals surface area (Å²) in [5.41, 5.74) is 1.02. The molecule has 3 rings (SSSR count). The highest BCUT2D eigenvalue weighted by Crippen LogP contribution is 2.39. The van der Waals surface area contributed by atoms with Gasteiger partial charge in [-0.3, -0.25) is 14.6 Å². The first kappa shape index (κ1) is 17.7. The van der Waals surface area contributed by atoms with Gasteiger partial charge in [0.1, 0.15) is 5.75 Å². The van der Waals surface area contributed by atoms with Crippen LogP contribution in [0.15, 0.2) is 48.3 Å². The van der Waals surface area contributed by atoms with Crippen LogP contribution < -0.4 is 10.1 Å². The van der Waals surface area contributed by atoms with Crippen LogP contribution in [0.4, 0.5) is 13.2 Å². The van der Waals surface area contributed by atoms with Crippen LogP contribution in [-0.4, -0.2) is 30.0 Å². The van der Waals surface area contributed by atoms with Gasteiger partial charge in [0.25, 0.3) is 0 Å². The van der Waals surface area contributed by atoms with Gasteiger partial charge < -0.3 is 10.1 Å². The summed E-state index contributed by atoms with van der Waals surface area (Å²) in [6.45, 7) is 0. The lowest BCUT2D eigenvalue weighted by molar-refractivity contribution is -0.174. The molecule has 1 N–H and O–H groups in total. The Bertz CT molecular complexity index is 892. The van der Waals surface area contributed by atoms with Crippen molar-refractivity contribution in [3.8, 4) is 5.75 Å². The van der Waals surface area contributed by atoms with Gasteiger partial charge in [0.05, 0.1) is 13.2 Å². The number of hydrogen-bond donors (Lipinski definition) is 1. The van der Waals surface area contributed by atoms with Gasteiger partial charge in [-0.05, 0) is 41.5 Å². The molecule has 2 aromatic rings. The number of halogens is 3. The average Bonchev–Trinajstić information content (AvgIpc) is 2.87. The minimum atomic E-state index is -5.07. The van der Waals surface area contributed by atoms with Crippen LogP contribution in [-0.2, 0) is 4.79 Å². The number of rotatable bonds is 3. The minimum Gasteiger partial charge on any atom is -0.497 e. The Morgan fingerprint density at radius 1 is 1.31 bits per heavy atom. The second-order valence-electron chi connectivity index (χ2n) is 5.57. The molecule has 0 saturated heterocycles. The summed E-state index contributed by atoms with van der Waals surface area (Å²) >= 11 is 0. The quantitative estimate of drug-likeness (QED) is 0.852.